The summed E-state index contributed by atoms with van der Waals surface area (Å²) in [6.07, 6.45) is 6.18. The predicted octanol–water partition coefficient (Wildman–Crippen LogP) is 3.39. The van der Waals surface area contributed by atoms with E-state index in [-0.39, 0.29) is 5.82 Å². The van der Waals surface area contributed by atoms with Gasteiger partial charge in [0.2, 0.25) is 0 Å². The van der Waals surface area contributed by atoms with Crippen LogP contribution in [0.5, 0.6) is 0 Å². The number of benzene rings is 1. The SMILES string of the molecule is Fc1cccc(CN(Cc2cccnc2)C2CC2)c1. The summed E-state index contributed by atoms with van der Waals surface area (Å²) in [5.41, 5.74) is 2.25. The lowest BCUT2D eigenvalue weighted by Crippen LogP contribution is -2.25. The first kappa shape index (κ1) is 12.3. The van der Waals surface area contributed by atoms with E-state index >= 15 is 0 Å². The van der Waals surface area contributed by atoms with Gasteiger partial charge in [0.05, 0.1) is 0 Å². The van der Waals surface area contributed by atoms with Gasteiger partial charge >= 0.3 is 0 Å². The molecule has 0 unspecified atom stereocenters. The number of hydrogen-bond donors (Lipinski definition) is 0. The lowest BCUT2D eigenvalue weighted by Gasteiger charge is -2.22. The number of nitrogens with zero attached hydrogens (tertiary/aromatic N) is 2. The molecule has 1 aliphatic rings. The van der Waals surface area contributed by atoms with Crippen molar-refractivity contribution >= 4 is 0 Å². The van der Waals surface area contributed by atoms with E-state index in [9.17, 15) is 4.39 Å². The number of hydrogen-bond acceptors (Lipinski definition) is 2. The first-order valence-electron chi connectivity index (χ1n) is 6.69. The molecule has 2 aromatic rings. The lowest BCUT2D eigenvalue weighted by atomic mass is 10.2. The molecule has 3 rings (SSSR count). The smallest absolute Gasteiger partial charge is 0.123 e. The molecule has 0 atom stereocenters. The van der Waals surface area contributed by atoms with Crippen molar-refractivity contribution in [1.29, 1.82) is 0 Å². The van der Waals surface area contributed by atoms with Crippen LogP contribution in [0.2, 0.25) is 0 Å². The number of rotatable bonds is 5. The molecule has 1 aromatic heterocycles. The van der Waals surface area contributed by atoms with Crippen LogP contribution in [0, 0.1) is 5.82 Å². The second-order valence-electron chi connectivity index (χ2n) is 5.13. The highest BCUT2D eigenvalue weighted by atomic mass is 19.1. The molecule has 0 spiro atoms. The molecule has 1 aromatic carbocycles. The predicted molar refractivity (Wildman–Crippen MR) is 72.9 cm³/mol. The van der Waals surface area contributed by atoms with E-state index in [1.807, 2.05) is 18.3 Å². The average molecular weight is 256 g/mol. The van der Waals surface area contributed by atoms with Crippen molar-refractivity contribution < 1.29 is 4.39 Å². The minimum Gasteiger partial charge on any atom is -0.292 e. The standard InChI is InChI=1S/C16H17FN2/c17-15-5-1-3-13(9-15)11-19(16-6-7-16)12-14-4-2-8-18-10-14/h1-5,8-10,16H,6-7,11-12H2. The second-order valence-corrected chi connectivity index (χ2v) is 5.13. The Morgan fingerprint density at radius 1 is 1.11 bits per heavy atom. The molecule has 98 valence electrons. The van der Waals surface area contributed by atoms with E-state index in [0.717, 1.165) is 18.7 Å². The summed E-state index contributed by atoms with van der Waals surface area (Å²) >= 11 is 0. The Hall–Kier alpha value is -1.74. The number of halogens is 1. The molecule has 0 amide bonds. The van der Waals surface area contributed by atoms with Crippen LogP contribution >= 0.6 is 0 Å². The largest absolute Gasteiger partial charge is 0.292 e. The zero-order valence-corrected chi connectivity index (χ0v) is 10.8. The van der Waals surface area contributed by atoms with Crippen LogP contribution in [0.15, 0.2) is 48.8 Å². The Morgan fingerprint density at radius 3 is 2.58 bits per heavy atom. The third-order valence-corrected chi connectivity index (χ3v) is 3.45. The Morgan fingerprint density at radius 2 is 1.89 bits per heavy atom. The van der Waals surface area contributed by atoms with Gasteiger partial charge in [-0.2, -0.15) is 0 Å². The van der Waals surface area contributed by atoms with Crippen molar-refractivity contribution in [3.8, 4) is 0 Å². The molecule has 2 nitrogen and oxygen atoms in total. The number of pyridine rings is 1. The normalized spacial score (nSPS) is 14.8. The fourth-order valence-electron chi connectivity index (χ4n) is 2.35. The fourth-order valence-corrected chi connectivity index (χ4v) is 2.35. The van der Waals surface area contributed by atoms with Crippen molar-refractivity contribution in [2.24, 2.45) is 0 Å². The Kier molecular flexibility index (Phi) is 3.56. The molecule has 0 aliphatic heterocycles. The van der Waals surface area contributed by atoms with Gasteiger partial charge in [0.15, 0.2) is 0 Å². The van der Waals surface area contributed by atoms with Crippen molar-refractivity contribution in [3.63, 3.8) is 0 Å². The van der Waals surface area contributed by atoms with E-state index in [2.05, 4.69) is 16.0 Å². The van der Waals surface area contributed by atoms with Gasteiger partial charge in [0.25, 0.3) is 0 Å². The Bertz CT molecular complexity index is 537. The summed E-state index contributed by atoms with van der Waals surface area (Å²) in [6.45, 7) is 1.69. The van der Waals surface area contributed by atoms with Gasteiger partial charge in [-0.3, -0.25) is 9.88 Å². The van der Waals surface area contributed by atoms with Crippen LogP contribution in [0.1, 0.15) is 24.0 Å². The maximum absolute atomic E-state index is 13.2. The van der Waals surface area contributed by atoms with E-state index < -0.39 is 0 Å². The van der Waals surface area contributed by atoms with Gasteiger partial charge in [0, 0.05) is 31.5 Å². The van der Waals surface area contributed by atoms with E-state index in [4.69, 9.17) is 0 Å². The molecular formula is C16H17FN2. The monoisotopic (exact) mass is 256 g/mol. The molecule has 1 saturated carbocycles. The fraction of sp³-hybridized carbons (Fsp3) is 0.312. The van der Waals surface area contributed by atoms with E-state index in [1.165, 1.54) is 24.5 Å². The Labute approximate surface area is 112 Å². The molecule has 0 N–H and O–H groups in total. The summed E-state index contributed by atoms with van der Waals surface area (Å²) in [5.74, 6) is -0.158. The molecule has 0 saturated heterocycles. The molecule has 1 fully saturated rings. The van der Waals surface area contributed by atoms with E-state index in [0.29, 0.717) is 6.04 Å². The zero-order chi connectivity index (χ0) is 13.1. The summed E-state index contributed by atoms with van der Waals surface area (Å²) < 4.78 is 13.2. The van der Waals surface area contributed by atoms with Gasteiger partial charge in [-0.05, 0) is 42.2 Å². The lowest BCUT2D eigenvalue weighted by molar-refractivity contribution is 0.245. The summed E-state index contributed by atoms with van der Waals surface area (Å²) in [7, 11) is 0. The van der Waals surface area contributed by atoms with Crippen LogP contribution in [0.25, 0.3) is 0 Å². The van der Waals surface area contributed by atoms with Crippen molar-refractivity contribution in [2.45, 2.75) is 32.0 Å². The van der Waals surface area contributed by atoms with Gasteiger partial charge in [-0.1, -0.05) is 18.2 Å². The highest BCUT2D eigenvalue weighted by Gasteiger charge is 2.28. The van der Waals surface area contributed by atoms with Gasteiger partial charge in [0.1, 0.15) is 5.82 Å². The minimum atomic E-state index is -0.158. The first-order valence-corrected chi connectivity index (χ1v) is 6.69. The van der Waals surface area contributed by atoms with Crippen LogP contribution in [0.3, 0.4) is 0 Å². The molecular weight excluding hydrogens is 239 g/mol. The second kappa shape index (κ2) is 5.49. The summed E-state index contributed by atoms with van der Waals surface area (Å²) in [6, 6.07) is 11.6. The third kappa shape index (κ3) is 3.38. The zero-order valence-electron chi connectivity index (χ0n) is 10.8. The summed E-state index contributed by atoms with van der Waals surface area (Å²) in [5, 5.41) is 0. The maximum Gasteiger partial charge on any atom is 0.123 e. The molecule has 1 aliphatic carbocycles. The van der Waals surface area contributed by atoms with Crippen molar-refractivity contribution in [2.75, 3.05) is 0 Å². The molecule has 1 heterocycles. The van der Waals surface area contributed by atoms with Crippen molar-refractivity contribution in [1.82, 2.24) is 9.88 Å². The first-order chi connectivity index (χ1) is 9.31. The highest BCUT2D eigenvalue weighted by Crippen LogP contribution is 2.29. The molecule has 3 heteroatoms. The number of aromatic nitrogens is 1. The Balaban J connectivity index is 1.71. The molecule has 19 heavy (non-hydrogen) atoms. The van der Waals surface area contributed by atoms with Crippen LogP contribution in [-0.2, 0) is 13.1 Å². The van der Waals surface area contributed by atoms with Crippen LogP contribution in [-0.4, -0.2) is 15.9 Å². The minimum absolute atomic E-state index is 0.158. The molecule has 0 bridgehead atoms. The van der Waals surface area contributed by atoms with Crippen molar-refractivity contribution in [3.05, 3.63) is 65.7 Å². The maximum atomic E-state index is 13.2. The van der Waals surface area contributed by atoms with Crippen LogP contribution < -0.4 is 0 Å². The topological polar surface area (TPSA) is 16.1 Å². The molecule has 0 radical (unpaired) electrons. The van der Waals surface area contributed by atoms with Crippen LogP contribution in [0.4, 0.5) is 4.39 Å². The van der Waals surface area contributed by atoms with Gasteiger partial charge in [-0.25, -0.2) is 4.39 Å². The van der Waals surface area contributed by atoms with Gasteiger partial charge < -0.3 is 0 Å². The highest BCUT2D eigenvalue weighted by molar-refractivity contribution is 5.17. The quantitative estimate of drug-likeness (QED) is 0.815. The third-order valence-electron chi connectivity index (χ3n) is 3.45. The van der Waals surface area contributed by atoms with Gasteiger partial charge in [-0.15, -0.1) is 0 Å². The van der Waals surface area contributed by atoms with E-state index in [1.54, 1.807) is 18.3 Å². The summed E-state index contributed by atoms with van der Waals surface area (Å²) in [4.78, 5) is 6.56. The average Bonchev–Trinajstić information content (AvgIpc) is 3.23.